The van der Waals surface area contributed by atoms with Gasteiger partial charge in [-0.3, -0.25) is 9.69 Å². The van der Waals surface area contributed by atoms with Crippen LogP contribution in [0.1, 0.15) is 41.0 Å². The van der Waals surface area contributed by atoms with E-state index in [0.29, 0.717) is 19.8 Å². The van der Waals surface area contributed by atoms with Crippen molar-refractivity contribution in [2.75, 3.05) is 19.8 Å². The Bertz CT molecular complexity index is 211. The lowest BCUT2D eigenvalue weighted by Crippen LogP contribution is -2.49. The molecule has 0 aliphatic heterocycles. The highest BCUT2D eigenvalue weighted by Crippen LogP contribution is 2.17. The summed E-state index contributed by atoms with van der Waals surface area (Å²) in [5.74, 6) is -0.752. The van der Waals surface area contributed by atoms with E-state index in [4.69, 9.17) is 9.84 Å². The quantitative estimate of drug-likeness (QED) is 0.728. The first kappa shape index (κ1) is 15.4. The van der Waals surface area contributed by atoms with Crippen LogP contribution in [-0.4, -0.2) is 47.3 Å². The molecule has 0 fully saturated rings. The van der Waals surface area contributed by atoms with Gasteiger partial charge in [-0.15, -0.1) is 0 Å². The normalized spacial score (nSPS) is 14.1. The van der Waals surface area contributed by atoms with Crippen LogP contribution in [0.15, 0.2) is 0 Å². The van der Waals surface area contributed by atoms with Gasteiger partial charge in [0.2, 0.25) is 0 Å². The molecule has 0 saturated carbocycles. The van der Waals surface area contributed by atoms with Gasteiger partial charge in [0, 0.05) is 24.7 Å². The Morgan fingerprint density at radius 1 is 1.44 bits per heavy atom. The molecule has 0 aliphatic rings. The summed E-state index contributed by atoms with van der Waals surface area (Å²) in [6.45, 7) is 12.2. The minimum absolute atomic E-state index is 0.0357. The molecule has 0 saturated heterocycles. The van der Waals surface area contributed by atoms with Crippen molar-refractivity contribution >= 4 is 5.97 Å². The molecule has 0 aliphatic carbocycles. The molecule has 0 heterocycles. The third kappa shape index (κ3) is 6.08. The van der Waals surface area contributed by atoms with E-state index >= 15 is 0 Å². The van der Waals surface area contributed by atoms with Gasteiger partial charge in [0.1, 0.15) is 0 Å². The first-order valence-electron chi connectivity index (χ1n) is 5.85. The van der Waals surface area contributed by atoms with E-state index in [0.717, 1.165) is 0 Å². The van der Waals surface area contributed by atoms with Crippen LogP contribution in [0.4, 0.5) is 0 Å². The number of hydrogen-bond acceptors (Lipinski definition) is 3. The van der Waals surface area contributed by atoms with Crippen LogP contribution in [0.5, 0.6) is 0 Å². The maximum absolute atomic E-state index is 10.6. The Balaban J connectivity index is 4.36. The second kappa shape index (κ2) is 6.86. The number of carboxylic acid groups (broad SMARTS) is 1. The van der Waals surface area contributed by atoms with Crippen LogP contribution in [-0.2, 0) is 9.53 Å². The van der Waals surface area contributed by atoms with E-state index in [1.165, 1.54) is 0 Å². The Hall–Kier alpha value is -0.610. The molecule has 0 spiro atoms. The molecule has 1 unspecified atom stereocenters. The van der Waals surface area contributed by atoms with Crippen molar-refractivity contribution in [2.24, 2.45) is 0 Å². The Kier molecular flexibility index (Phi) is 6.60. The molecule has 0 aromatic rings. The van der Waals surface area contributed by atoms with Crippen molar-refractivity contribution in [3.8, 4) is 0 Å². The van der Waals surface area contributed by atoms with Crippen molar-refractivity contribution in [2.45, 2.75) is 52.6 Å². The number of carboxylic acids is 1. The minimum Gasteiger partial charge on any atom is -0.481 e. The van der Waals surface area contributed by atoms with Crippen molar-refractivity contribution in [3.05, 3.63) is 0 Å². The molecule has 0 rings (SSSR count). The average Bonchev–Trinajstić information content (AvgIpc) is 2.12. The van der Waals surface area contributed by atoms with Crippen molar-refractivity contribution in [3.63, 3.8) is 0 Å². The molecule has 0 amide bonds. The van der Waals surface area contributed by atoms with Gasteiger partial charge in [0.15, 0.2) is 0 Å². The van der Waals surface area contributed by atoms with E-state index in [2.05, 4.69) is 32.6 Å². The number of aliphatic carboxylic acids is 1. The summed E-state index contributed by atoms with van der Waals surface area (Å²) in [7, 11) is 0. The van der Waals surface area contributed by atoms with E-state index in [-0.39, 0.29) is 18.0 Å². The highest BCUT2D eigenvalue weighted by atomic mass is 16.5. The number of carbonyl (C=O) groups is 1. The van der Waals surface area contributed by atoms with Gasteiger partial charge in [-0.05, 0) is 34.6 Å². The standard InChI is InChI=1S/C12H25NO3/c1-6-16-9-10(2)13(12(3,4)5)8-7-11(14)15/h10H,6-9H2,1-5H3,(H,14,15). The van der Waals surface area contributed by atoms with Gasteiger partial charge in [-0.25, -0.2) is 0 Å². The molecule has 4 heteroatoms. The van der Waals surface area contributed by atoms with Gasteiger partial charge < -0.3 is 9.84 Å². The fourth-order valence-electron chi connectivity index (χ4n) is 1.81. The number of ether oxygens (including phenoxy) is 1. The Morgan fingerprint density at radius 2 is 2.00 bits per heavy atom. The summed E-state index contributed by atoms with van der Waals surface area (Å²) in [6, 6.07) is 0.235. The van der Waals surface area contributed by atoms with Crippen LogP contribution in [0.25, 0.3) is 0 Å². The van der Waals surface area contributed by atoms with Crippen LogP contribution in [0.2, 0.25) is 0 Å². The maximum Gasteiger partial charge on any atom is 0.304 e. The van der Waals surface area contributed by atoms with E-state index in [1.54, 1.807) is 0 Å². The highest BCUT2D eigenvalue weighted by Gasteiger charge is 2.26. The molecular weight excluding hydrogens is 206 g/mol. The van der Waals surface area contributed by atoms with Crippen molar-refractivity contribution < 1.29 is 14.6 Å². The molecule has 16 heavy (non-hydrogen) atoms. The van der Waals surface area contributed by atoms with Crippen molar-refractivity contribution in [1.29, 1.82) is 0 Å². The molecule has 0 bridgehead atoms. The molecule has 0 aromatic carbocycles. The third-order valence-electron chi connectivity index (χ3n) is 2.52. The van der Waals surface area contributed by atoms with Gasteiger partial charge in [-0.2, -0.15) is 0 Å². The monoisotopic (exact) mass is 231 g/mol. The molecule has 0 aromatic heterocycles. The first-order chi connectivity index (χ1) is 7.29. The largest absolute Gasteiger partial charge is 0.481 e. The number of nitrogens with zero attached hydrogens (tertiary/aromatic N) is 1. The van der Waals surface area contributed by atoms with Crippen molar-refractivity contribution in [1.82, 2.24) is 4.90 Å². The minimum atomic E-state index is -0.752. The molecule has 0 radical (unpaired) electrons. The zero-order valence-electron chi connectivity index (χ0n) is 11.1. The lowest BCUT2D eigenvalue weighted by Gasteiger charge is -2.39. The maximum atomic E-state index is 10.6. The smallest absolute Gasteiger partial charge is 0.304 e. The van der Waals surface area contributed by atoms with Gasteiger partial charge in [0.25, 0.3) is 0 Å². The topological polar surface area (TPSA) is 49.8 Å². The first-order valence-corrected chi connectivity index (χ1v) is 5.85. The van der Waals surface area contributed by atoms with E-state index in [9.17, 15) is 4.79 Å². The summed E-state index contributed by atoms with van der Waals surface area (Å²) < 4.78 is 5.39. The molecule has 1 atom stereocenters. The molecule has 96 valence electrons. The van der Waals surface area contributed by atoms with E-state index in [1.807, 2.05) is 6.92 Å². The third-order valence-corrected chi connectivity index (χ3v) is 2.52. The summed E-state index contributed by atoms with van der Waals surface area (Å²) in [6.07, 6.45) is 0.174. The van der Waals surface area contributed by atoms with Crippen LogP contribution in [0, 0.1) is 0 Å². The van der Waals surface area contributed by atoms with E-state index < -0.39 is 5.97 Å². The lowest BCUT2D eigenvalue weighted by atomic mass is 10.0. The predicted octanol–water partition coefficient (Wildman–Crippen LogP) is 1.99. The molecular formula is C12H25NO3. The second-order valence-corrected chi connectivity index (χ2v) is 5.02. The zero-order valence-corrected chi connectivity index (χ0v) is 11.1. The Morgan fingerprint density at radius 3 is 2.38 bits per heavy atom. The zero-order chi connectivity index (χ0) is 12.8. The molecule has 4 nitrogen and oxygen atoms in total. The van der Waals surface area contributed by atoms with Gasteiger partial charge in [0.05, 0.1) is 13.0 Å². The fraction of sp³-hybridized carbons (Fsp3) is 0.917. The average molecular weight is 231 g/mol. The fourth-order valence-corrected chi connectivity index (χ4v) is 1.81. The highest BCUT2D eigenvalue weighted by molar-refractivity contribution is 5.66. The second-order valence-electron chi connectivity index (χ2n) is 5.02. The number of hydrogen-bond donors (Lipinski definition) is 1. The summed E-state index contributed by atoms with van der Waals surface area (Å²) in [5.41, 5.74) is -0.0357. The van der Waals surface area contributed by atoms with Crippen LogP contribution >= 0.6 is 0 Å². The predicted molar refractivity (Wildman–Crippen MR) is 64.7 cm³/mol. The summed E-state index contributed by atoms with van der Waals surface area (Å²) in [5, 5.41) is 8.73. The Labute approximate surface area is 98.6 Å². The SMILES string of the molecule is CCOCC(C)N(CCC(=O)O)C(C)(C)C. The van der Waals surface area contributed by atoms with Gasteiger partial charge >= 0.3 is 5.97 Å². The van der Waals surface area contributed by atoms with Crippen LogP contribution < -0.4 is 0 Å². The number of rotatable bonds is 7. The summed E-state index contributed by atoms with van der Waals surface area (Å²) in [4.78, 5) is 12.8. The summed E-state index contributed by atoms with van der Waals surface area (Å²) >= 11 is 0. The van der Waals surface area contributed by atoms with Crippen LogP contribution in [0.3, 0.4) is 0 Å². The molecule has 1 N–H and O–H groups in total. The van der Waals surface area contributed by atoms with Gasteiger partial charge in [-0.1, -0.05) is 0 Å². The lowest BCUT2D eigenvalue weighted by molar-refractivity contribution is -0.137.